The molecule has 0 unspecified atom stereocenters. The largest absolute Gasteiger partial charge is 0.464 e. The summed E-state index contributed by atoms with van der Waals surface area (Å²) in [5, 5.41) is 1.02. The molecule has 112 valence electrons. The molecule has 3 nitrogen and oxygen atoms in total. The van der Waals surface area contributed by atoms with Crippen molar-refractivity contribution in [2.24, 2.45) is 0 Å². The summed E-state index contributed by atoms with van der Waals surface area (Å²) < 4.78 is 5.58. The van der Waals surface area contributed by atoms with Crippen LogP contribution < -0.4 is 4.90 Å². The van der Waals surface area contributed by atoms with Crippen molar-refractivity contribution in [3.8, 4) is 0 Å². The van der Waals surface area contributed by atoms with Gasteiger partial charge in [-0.05, 0) is 37.6 Å². The van der Waals surface area contributed by atoms with Crippen LogP contribution in [0.15, 0.2) is 59.2 Å². The molecule has 1 aromatic heterocycles. The minimum absolute atomic E-state index is 0.0805. The highest BCUT2D eigenvalue weighted by Crippen LogP contribution is 2.24. The SMILES string of the molecule is CCN(C(=O)Cc1coc2cc(C)ccc12)c1ccccc1. The average molecular weight is 293 g/mol. The highest BCUT2D eigenvalue weighted by molar-refractivity contribution is 5.97. The van der Waals surface area contributed by atoms with Crippen LogP contribution in [0.3, 0.4) is 0 Å². The van der Waals surface area contributed by atoms with Gasteiger partial charge in [-0.15, -0.1) is 0 Å². The number of anilines is 1. The highest BCUT2D eigenvalue weighted by atomic mass is 16.3. The van der Waals surface area contributed by atoms with Crippen molar-refractivity contribution in [1.82, 2.24) is 0 Å². The Bertz CT molecular complexity index is 790. The van der Waals surface area contributed by atoms with Crippen LogP contribution in [0.1, 0.15) is 18.1 Å². The number of hydrogen-bond donors (Lipinski definition) is 0. The van der Waals surface area contributed by atoms with E-state index < -0.39 is 0 Å². The van der Waals surface area contributed by atoms with Crippen molar-refractivity contribution in [2.75, 3.05) is 11.4 Å². The van der Waals surface area contributed by atoms with E-state index in [1.54, 1.807) is 11.2 Å². The number of fused-ring (bicyclic) bond motifs is 1. The molecular formula is C19H19NO2. The second kappa shape index (κ2) is 6.06. The average Bonchev–Trinajstić information content (AvgIpc) is 2.91. The van der Waals surface area contributed by atoms with Crippen LogP contribution in [0.2, 0.25) is 0 Å². The minimum Gasteiger partial charge on any atom is -0.464 e. The van der Waals surface area contributed by atoms with Crippen LogP contribution in [-0.4, -0.2) is 12.5 Å². The summed E-state index contributed by atoms with van der Waals surface area (Å²) in [7, 11) is 0. The molecule has 1 amide bonds. The van der Waals surface area contributed by atoms with Gasteiger partial charge in [0.25, 0.3) is 0 Å². The Hall–Kier alpha value is -2.55. The summed E-state index contributed by atoms with van der Waals surface area (Å²) >= 11 is 0. The van der Waals surface area contributed by atoms with Crippen molar-refractivity contribution in [1.29, 1.82) is 0 Å². The molecule has 0 aliphatic heterocycles. The molecule has 0 aliphatic rings. The van der Waals surface area contributed by atoms with Crippen molar-refractivity contribution in [2.45, 2.75) is 20.3 Å². The van der Waals surface area contributed by atoms with Gasteiger partial charge in [-0.25, -0.2) is 0 Å². The van der Waals surface area contributed by atoms with Crippen LogP contribution in [0.4, 0.5) is 5.69 Å². The van der Waals surface area contributed by atoms with Gasteiger partial charge in [0.05, 0.1) is 12.7 Å². The monoisotopic (exact) mass is 293 g/mol. The van der Waals surface area contributed by atoms with E-state index in [2.05, 4.69) is 0 Å². The van der Waals surface area contributed by atoms with Gasteiger partial charge in [0.2, 0.25) is 5.91 Å². The van der Waals surface area contributed by atoms with E-state index in [1.165, 1.54) is 0 Å². The van der Waals surface area contributed by atoms with Gasteiger partial charge in [0.1, 0.15) is 5.58 Å². The summed E-state index contributed by atoms with van der Waals surface area (Å²) in [4.78, 5) is 14.4. The molecule has 3 heteroatoms. The predicted octanol–water partition coefficient (Wildman–Crippen LogP) is 4.34. The first-order valence-electron chi connectivity index (χ1n) is 7.51. The van der Waals surface area contributed by atoms with Crippen molar-refractivity contribution >= 4 is 22.6 Å². The lowest BCUT2D eigenvalue weighted by atomic mass is 10.1. The number of carbonyl (C=O) groups is 1. The van der Waals surface area contributed by atoms with Gasteiger partial charge in [-0.1, -0.05) is 30.3 Å². The van der Waals surface area contributed by atoms with Crippen molar-refractivity contribution < 1.29 is 9.21 Å². The van der Waals surface area contributed by atoms with E-state index in [1.807, 2.05) is 62.4 Å². The van der Waals surface area contributed by atoms with Crippen LogP contribution >= 0.6 is 0 Å². The number of likely N-dealkylation sites (N-methyl/N-ethyl adjacent to an activating group) is 1. The lowest BCUT2D eigenvalue weighted by molar-refractivity contribution is -0.117. The Kier molecular flexibility index (Phi) is 3.96. The number of para-hydroxylation sites is 1. The van der Waals surface area contributed by atoms with Crippen molar-refractivity contribution in [3.05, 3.63) is 65.9 Å². The Labute approximate surface area is 130 Å². The summed E-state index contributed by atoms with van der Waals surface area (Å²) in [6, 6.07) is 15.8. The second-order valence-corrected chi connectivity index (χ2v) is 5.41. The topological polar surface area (TPSA) is 33.5 Å². The number of carbonyl (C=O) groups excluding carboxylic acids is 1. The maximum absolute atomic E-state index is 12.6. The van der Waals surface area contributed by atoms with E-state index in [9.17, 15) is 4.79 Å². The lowest BCUT2D eigenvalue weighted by Crippen LogP contribution is -2.31. The molecule has 0 spiro atoms. The first kappa shape index (κ1) is 14.4. The van der Waals surface area contributed by atoms with E-state index in [0.29, 0.717) is 13.0 Å². The smallest absolute Gasteiger partial charge is 0.231 e. The first-order chi connectivity index (χ1) is 10.7. The Morgan fingerprint density at radius 3 is 2.64 bits per heavy atom. The Morgan fingerprint density at radius 1 is 1.14 bits per heavy atom. The molecule has 0 N–H and O–H groups in total. The van der Waals surface area contributed by atoms with Crippen LogP contribution in [0.5, 0.6) is 0 Å². The van der Waals surface area contributed by atoms with Gasteiger partial charge in [-0.3, -0.25) is 4.79 Å². The molecule has 2 aromatic carbocycles. The summed E-state index contributed by atoms with van der Waals surface area (Å²) in [5.74, 6) is 0.0805. The normalized spacial score (nSPS) is 10.8. The zero-order valence-electron chi connectivity index (χ0n) is 12.9. The number of aryl methyl sites for hydroxylation is 1. The highest BCUT2D eigenvalue weighted by Gasteiger charge is 2.17. The molecule has 3 rings (SSSR count). The maximum Gasteiger partial charge on any atom is 0.231 e. The predicted molar refractivity (Wildman–Crippen MR) is 89.1 cm³/mol. The van der Waals surface area contributed by atoms with Crippen LogP contribution in [0.25, 0.3) is 11.0 Å². The van der Waals surface area contributed by atoms with E-state index in [0.717, 1.165) is 27.8 Å². The molecule has 0 radical (unpaired) electrons. The number of hydrogen-bond acceptors (Lipinski definition) is 2. The quantitative estimate of drug-likeness (QED) is 0.717. The van der Waals surface area contributed by atoms with Gasteiger partial charge in [-0.2, -0.15) is 0 Å². The van der Waals surface area contributed by atoms with Gasteiger partial charge < -0.3 is 9.32 Å². The zero-order valence-corrected chi connectivity index (χ0v) is 12.9. The third-order valence-electron chi connectivity index (χ3n) is 3.84. The molecule has 3 aromatic rings. The van der Waals surface area contributed by atoms with Gasteiger partial charge >= 0.3 is 0 Å². The summed E-state index contributed by atoms with van der Waals surface area (Å²) in [6.07, 6.45) is 2.04. The molecule has 0 bridgehead atoms. The van der Waals surface area contributed by atoms with Gasteiger partial charge in [0, 0.05) is 23.2 Å². The fourth-order valence-corrected chi connectivity index (χ4v) is 2.70. The molecule has 0 aliphatic carbocycles. The van der Waals surface area contributed by atoms with Crippen LogP contribution in [0, 0.1) is 6.92 Å². The molecule has 22 heavy (non-hydrogen) atoms. The van der Waals surface area contributed by atoms with E-state index in [-0.39, 0.29) is 5.91 Å². The third kappa shape index (κ3) is 2.75. The third-order valence-corrected chi connectivity index (χ3v) is 3.84. The maximum atomic E-state index is 12.6. The number of furan rings is 1. The molecule has 0 fully saturated rings. The van der Waals surface area contributed by atoms with E-state index in [4.69, 9.17) is 4.42 Å². The summed E-state index contributed by atoms with van der Waals surface area (Å²) in [5.41, 5.74) is 3.86. The van der Waals surface area contributed by atoms with Crippen molar-refractivity contribution in [3.63, 3.8) is 0 Å². The number of rotatable bonds is 4. The first-order valence-corrected chi connectivity index (χ1v) is 7.51. The Balaban J connectivity index is 1.86. The molecule has 0 saturated carbocycles. The Morgan fingerprint density at radius 2 is 1.91 bits per heavy atom. The number of benzene rings is 2. The molecule has 0 saturated heterocycles. The van der Waals surface area contributed by atoms with Crippen LogP contribution in [-0.2, 0) is 11.2 Å². The fourth-order valence-electron chi connectivity index (χ4n) is 2.70. The summed E-state index contributed by atoms with van der Waals surface area (Å²) in [6.45, 7) is 4.67. The molecular weight excluding hydrogens is 274 g/mol. The van der Waals surface area contributed by atoms with Gasteiger partial charge in [0.15, 0.2) is 0 Å². The lowest BCUT2D eigenvalue weighted by Gasteiger charge is -2.20. The van der Waals surface area contributed by atoms with E-state index >= 15 is 0 Å². The standard InChI is InChI=1S/C19H19NO2/c1-3-20(16-7-5-4-6-8-16)19(21)12-15-13-22-18-11-14(2)9-10-17(15)18/h4-11,13H,3,12H2,1-2H3. The molecule has 0 atom stereocenters. The minimum atomic E-state index is 0.0805. The number of amides is 1. The molecule has 1 heterocycles. The fraction of sp³-hybridized carbons (Fsp3) is 0.211. The zero-order chi connectivity index (χ0) is 15.5. The number of nitrogens with zero attached hydrogens (tertiary/aromatic N) is 1. The second-order valence-electron chi connectivity index (χ2n) is 5.41.